The maximum atomic E-state index is 14.2. The fourth-order valence-corrected chi connectivity index (χ4v) is 6.16. The van der Waals surface area contributed by atoms with Gasteiger partial charge in [-0.1, -0.05) is 76.1 Å². The van der Waals surface area contributed by atoms with Crippen molar-refractivity contribution in [3.05, 3.63) is 130 Å². The predicted octanol–water partition coefficient (Wildman–Crippen LogP) is 5.48. The number of aryl methyl sites for hydroxylation is 1. The zero-order valence-electron chi connectivity index (χ0n) is 23.2. The molecule has 4 rings (SSSR count). The van der Waals surface area contributed by atoms with Crippen LogP contribution in [0, 0.1) is 12.7 Å². The van der Waals surface area contributed by atoms with Gasteiger partial charge in [0.15, 0.2) is 0 Å². The van der Waals surface area contributed by atoms with Gasteiger partial charge < -0.3 is 10.2 Å². The van der Waals surface area contributed by atoms with E-state index >= 15 is 0 Å². The molecule has 1 atom stereocenters. The lowest BCUT2D eigenvalue weighted by molar-refractivity contribution is -0.139. The number of halogens is 2. The van der Waals surface area contributed by atoms with Crippen molar-refractivity contribution in [1.29, 1.82) is 0 Å². The molecule has 0 aromatic heterocycles. The summed E-state index contributed by atoms with van der Waals surface area (Å²) >= 11 is 3.37. The van der Waals surface area contributed by atoms with E-state index in [-0.39, 0.29) is 23.5 Å². The summed E-state index contributed by atoms with van der Waals surface area (Å²) in [6, 6.07) is 26.9. The van der Waals surface area contributed by atoms with Crippen LogP contribution in [0.1, 0.15) is 16.7 Å². The first-order valence-electron chi connectivity index (χ1n) is 13.2. The average molecular weight is 653 g/mol. The maximum Gasteiger partial charge on any atom is 0.264 e. The zero-order valence-corrected chi connectivity index (χ0v) is 25.6. The van der Waals surface area contributed by atoms with Gasteiger partial charge in [0.1, 0.15) is 18.4 Å². The molecular weight excluding hydrogens is 621 g/mol. The standard InChI is InChI=1S/C32H31BrFN3O4S/c1-23-8-18-29(19-9-23)42(40,41)37(28-16-12-26(33)13-17-28)22-31(38)36(21-25-10-14-27(34)15-11-25)30(32(39)35-2)20-24-6-4-3-5-7-24/h3-19,30H,20-22H2,1-2H3,(H,35,39)/t30-/m0/s1. The van der Waals surface area contributed by atoms with E-state index in [1.54, 1.807) is 36.4 Å². The van der Waals surface area contributed by atoms with Gasteiger partial charge in [-0.25, -0.2) is 12.8 Å². The third-order valence-corrected chi connectivity index (χ3v) is 9.10. The van der Waals surface area contributed by atoms with E-state index in [0.717, 1.165) is 19.9 Å². The van der Waals surface area contributed by atoms with Crippen LogP contribution in [0.4, 0.5) is 10.1 Å². The monoisotopic (exact) mass is 651 g/mol. The number of carbonyl (C=O) groups excluding carboxylic acids is 2. The number of nitrogens with one attached hydrogen (secondary N) is 1. The molecule has 1 N–H and O–H groups in total. The zero-order chi connectivity index (χ0) is 30.3. The molecule has 0 unspecified atom stereocenters. The lowest BCUT2D eigenvalue weighted by atomic mass is 10.0. The van der Waals surface area contributed by atoms with Crippen LogP contribution < -0.4 is 9.62 Å². The summed E-state index contributed by atoms with van der Waals surface area (Å²) in [4.78, 5) is 28.8. The second kappa shape index (κ2) is 13.8. The Morgan fingerprint density at radius 2 is 1.48 bits per heavy atom. The first-order chi connectivity index (χ1) is 20.1. The topological polar surface area (TPSA) is 86.8 Å². The number of rotatable bonds is 11. The normalized spacial score (nSPS) is 11.9. The molecule has 0 aliphatic heterocycles. The van der Waals surface area contributed by atoms with Crippen molar-refractivity contribution in [1.82, 2.24) is 10.2 Å². The van der Waals surface area contributed by atoms with Crippen LogP contribution in [0.3, 0.4) is 0 Å². The number of sulfonamides is 1. The Labute approximate surface area is 254 Å². The molecule has 0 saturated heterocycles. The van der Waals surface area contributed by atoms with Gasteiger partial charge >= 0.3 is 0 Å². The lowest BCUT2D eigenvalue weighted by Gasteiger charge is -2.33. The van der Waals surface area contributed by atoms with E-state index in [9.17, 15) is 22.4 Å². The van der Waals surface area contributed by atoms with Crippen LogP contribution in [0.25, 0.3) is 0 Å². The Morgan fingerprint density at radius 3 is 2.07 bits per heavy atom. The van der Waals surface area contributed by atoms with Gasteiger partial charge in [0.25, 0.3) is 10.0 Å². The average Bonchev–Trinajstić information content (AvgIpc) is 2.99. The summed E-state index contributed by atoms with van der Waals surface area (Å²) in [5.74, 6) is -1.44. The summed E-state index contributed by atoms with van der Waals surface area (Å²) in [7, 11) is -2.70. The molecule has 10 heteroatoms. The van der Waals surface area contributed by atoms with E-state index in [4.69, 9.17) is 0 Å². The first-order valence-corrected chi connectivity index (χ1v) is 15.5. The van der Waals surface area contributed by atoms with Gasteiger partial charge in [0.05, 0.1) is 10.6 Å². The summed E-state index contributed by atoms with van der Waals surface area (Å²) in [6.45, 7) is 1.25. The molecule has 4 aromatic rings. The van der Waals surface area contributed by atoms with Crippen molar-refractivity contribution >= 4 is 43.5 Å². The molecule has 2 amide bonds. The highest BCUT2D eigenvalue weighted by molar-refractivity contribution is 9.10. The molecule has 0 fully saturated rings. The second-order valence-corrected chi connectivity index (χ2v) is 12.5. The van der Waals surface area contributed by atoms with Gasteiger partial charge in [-0.05, 0) is 66.6 Å². The minimum atomic E-state index is -4.18. The molecule has 0 radical (unpaired) electrons. The fourth-order valence-electron chi connectivity index (χ4n) is 4.48. The second-order valence-electron chi connectivity index (χ2n) is 9.77. The van der Waals surface area contributed by atoms with Crippen molar-refractivity contribution in [2.45, 2.75) is 30.8 Å². The lowest BCUT2D eigenvalue weighted by Crippen LogP contribution is -2.53. The van der Waals surface area contributed by atoms with E-state index in [0.29, 0.717) is 5.56 Å². The third kappa shape index (κ3) is 7.63. The maximum absolute atomic E-state index is 14.2. The highest BCUT2D eigenvalue weighted by Crippen LogP contribution is 2.27. The minimum Gasteiger partial charge on any atom is -0.357 e. The van der Waals surface area contributed by atoms with Crippen molar-refractivity contribution in [3.8, 4) is 0 Å². The highest BCUT2D eigenvalue weighted by Gasteiger charge is 2.34. The number of nitrogens with zero attached hydrogens (tertiary/aromatic N) is 2. The minimum absolute atomic E-state index is 0.0287. The molecular formula is C32H31BrFN3O4S. The molecule has 0 bridgehead atoms. The van der Waals surface area contributed by atoms with Crippen molar-refractivity contribution < 1.29 is 22.4 Å². The number of anilines is 1. The number of carbonyl (C=O) groups is 2. The molecule has 0 aliphatic rings. The number of hydrogen-bond donors (Lipinski definition) is 1. The largest absolute Gasteiger partial charge is 0.357 e. The first kappa shape index (κ1) is 30.9. The van der Waals surface area contributed by atoms with E-state index in [1.165, 1.54) is 48.3 Å². The van der Waals surface area contributed by atoms with E-state index in [2.05, 4.69) is 21.2 Å². The van der Waals surface area contributed by atoms with Gasteiger partial charge in [0.2, 0.25) is 11.8 Å². The van der Waals surface area contributed by atoms with Gasteiger partial charge in [0, 0.05) is 24.5 Å². The van der Waals surface area contributed by atoms with Crippen LogP contribution in [0.5, 0.6) is 0 Å². The SMILES string of the molecule is CNC(=O)[C@H](Cc1ccccc1)N(Cc1ccc(F)cc1)C(=O)CN(c1ccc(Br)cc1)S(=O)(=O)c1ccc(C)cc1. The Kier molecular flexibility index (Phi) is 10.1. The summed E-state index contributed by atoms with van der Waals surface area (Å²) in [6.07, 6.45) is 0.191. The highest BCUT2D eigenvalue weighted by atomic mass is 79.9. The van der Waals surface area contributed by atoms with Crippen molar-refractivity contribution in [2.24, 2.45) is 0 Å². The Bertz CT molecular complexity index is 1620. The van der Waals surface area contributed by atoms with E-state index < -0.39 is 40.2 Å². The Hall–Kier alpha value is -4.02. The fraction of sp³-hybridized carbons (Fsp3) is 0.188. The summed E-state index contributed by atoms with van der Waals surface area (Å²) < 4.78 is 43.4. The number of amides is 2. The van der Waals surface area contributed by atoms with Crippen LogP contribution >= 0.6 is 15.9 Å². The number of benzene rings is 4. The third-order valence-electron chi connectivity index (χ3n) is 6.79. The molecule has 42 heavy (non-hydrogen) atoms. The Balaban J connectivity index is 1.77. The quantitative estimate of drug-likeness (QED) is 0.233. The summed E-state index contributed by atoms with van der Waals surface area (Å²) in [5.41, 5.74) is 2.58. The van der Waals surface area contributed by atoms with Crippen LogP contribution in [0.15, 0.2) is 112 Å². The summed E-state index contributed by atoms with van der Waals surface area (Å²) in [5, 5.41) is 2.64. The number of likely N-dealkylation sites (N-methyl/N-ethyl adjacent to an activating group) is 1. The number of hydrogen-bond acceptors (Lipinski definition) is 4. The van der Waals surface area contributed by atoms with Gasteiger partial charge in [-0.15, -0.1) is 0 Å². The van der Waals surface area contributed by atoms with Crippen LogP contribution in [-0.2, 0) is 32.6 Å². The molecule has 0 saturated carbocycles. The molecule has 0 heterocycles. The molecule has 0 aliphatic carbocycles. The van der Waals surface area contributed by atoms with Crippen LogP contribution in [0.2, 0.25) is 0 Å². The van der Waals surface area contributed by atoms with Gasteiger partial charge in [-0.3, -0.25) is 13.9 Å². The molecule has 4 aromatic carbocycles. The van der Waals surface area contributed by atoms with Crippen molar-refractivity contribution in [3.63, 3.8) is 0 Å². The van der Waals surface area contributed by atoms with Gasteiger partial charge in [-0.2, -0.15) is 0 Å². The van der Waals surface area contributed by atoms with E-state index in [1.807, 2.05) is 37.3 Å². The Morgan fingerprint density at radius 1 is 0.857 bits per heavy atom. The smallest absolute Gasteiger partial charge is 0.264 e. The molecule has 7 nitrogen and oxygen atoms in total. The molecule has 0 spiro atoms. The van der Waals surface area contributed by atoms with Crippen LogP contribution in [-0.4, -0.2) is 44.8 Å². The predicted molar refractivity (Wildman–Crippen MR) is 165 cm³/mol. The van der Waals surface area contributed by atoms with Crippen molar-refractivity contribution in [2.75, 3.05) is 17.9 Å². The molecule has 218 valence electrons.